The van der Waals surface area contributed by atoms with E-state index >= 15 is 0 Å². The molecular formula is C9H9BrO3S. The van der Waals surface area contributed by atoms with Crippen LogP contribution in [0.5, 0.6) is 0 Å². The minimum atomic E-state index is -1.000. The van der Waals surface area contributed by atoms with Crippen LogP contribution in [-0.2, 0) is 4.79 Å². The van der Waals surface area contributed by atoms with Gasteiger partial charge in [-0.2, -0.15) is 0 Å². The molecule has 0 fully saturated rings. The summed E-state index contributed by atoms with van der Waals surface area (Å²) < 4.78 is 0.942. The molecule has 2 N–H and O–H groups in total. The molecular weight excluding hydrogens is 268 g/mol. The first-order chi connectivity index (χ1) is 6.63. The highest BCUT2D eigenvalue weighted by molar-refractivity contribution is 9.10. The Kier molecular flexibility index (Phi) is 4.44. The van der Waals surface area contributed by atoms with E-state index in [1.165, 1.54) is 0 Å². The van der Waals surface area contributed by atoms with Gasteiger partial charge in [-0.25, -0.2) is 0 Å². The lowest BCUT2D eigenvalue weighted by atomic mass is 10.4. The molecule has 0 heterocycles. The van der Waals surface area contributed by atoms with Gasteiger partial charge in [-0.1, -0.05) is 15.9 Å². The molecule has 1 aromatic rings. The second kappa shape index (κ2) is 5.38. The van der Waals surface area contributed by atoms with E-state index in [0.29, 0.717) is 0 Å². The summed E-state index contributed by atoms with van der Waals surface area (Å²) in [4.78, 5) is 11.4. The van der Waals surface area contributed by atoms with Crippen LogP contribution in [-0.4, -0.2) is 28.0 Å². The standard InChI is InChI=1S/C9H9BrO3S/c10-6-1-3-7(4-2-6)14-8(5-11)9(12)13/h1-4,8,11H,5H2,(H,12,13)/t8-/m1/s1. The number of hydrogen-bond donors (Lipinski definition) is 2. The fourth-order valence-corrected chi connectivity index (χ4v) is 1.90. The van der Waals surface area contributed by atoms with Gasteiger partial charge in [0.05, 0.1) is 6.61 Å². The molecule has 0 radical (unpaired) electrons. The number of benzene rings is 1. The third kappa shape index (κ3) is 3.32. The number of aliphatic hydroxyl groups is 1. The van der Waals surface area contributed by atoms with Gasteiger partial charge in [-0.15, -0.1) is 11.8 Å². The lowest BCUT2D eigenvalue weighted by molar-refractivity contribution is -0.137. The van der Waals surface area contributed by atoms with Crippen molar-refractivity contribution in [3.05, 3.63) is 28.7 Å². The van der Waals surface area contributed by atoms with E-state index in [1.807, 2.05) is 12.1 Å². The lowest BCUT2D eigenvalue weighted by Crippen LogP contribution is -2.20. The largest absolute Gasteiger partial charge is 0.480 e. The maximum absolute atomic E-state index is 10.6. The highest BCUT2D eigenvalue weighted by Crippen LogP contribution is 2.24. The van der Waals surface area contributed by atoms with Crippen LogP contribution in [0.25, 0.3) is 0 Å². The third-order valence-electron chi connectivity index (χ3n) is 1.53. The normalized spacial score (nSPS) is 12.4. The van der Waals surface area contributed by atoms with Gasteiger partial charge in [0.1, 0.15) is 5.25 Å². The van der Waals surface area contributed by atoms with Crippen molar-refractivity contribution in [3.63, 3.8) is 0 Å². The van der Waals surface area contributed by atoms with Crippen LogP contribution in [0.2, 0.25) is 0 Å². The maximum Gasteiger partial charge on any atom is 0.319 e. The molecule has 0 saturated heterocycles. The van der Waals surface area contributed by atoms with Gasteiger partial charge >= 0.3 is 5.97 Å². The minimum Gasteiger partial charge on any atom is -0.480 e. The first-order valence-electron chi connectivity index (χ1n) is 3.89. The zero-order chi connectivity index (χ0) is 10.6. The van der Waals surface area contributed by atoms with Crippen molar-refractivity contribution < 1.29 is 15.0 Å². The van der Waals surface area contributed by atoms with Gasteiger partial charge in [-0.05, 0) is 24.3 Å². The summed E-state index contributed by atoms with van der Waals surface area (Å²) in [7, 11) is 0. The Balaban J connectivity index is 2.67. The zero-order valence-corrected chi connectivity index (χ0v) is 9.59. The highest BCUT2D eigenvalue weighted by Gasteiger charge is 2.17. The van der Waals surface area contributed by atoms with Crippen molar-refractivity contribution in [2.45, 2.75) is 10.1 Å². The average molecular weight is 277 g/mol. The fraction of sp³-hybridized carbons (Fsp3) is 0.222. The predicted octanol–water partition coefficient (Wildman–Crippen LogP) is 1.99. The molecule has 0 aliphatic heterocycles. The van der Waals surface area contributed by atoms with Crippen LogP contribution in [0.15, 0.2) is 33.6 Å². The molecule has 5 heteroatoms. The van der Waals surface area contributed by atoms with E-state index in [9.17, 15) is 4.79 Å². The molecule has 76 valence electrons. The Morgan fingerprint density at radius 2 is 2.00 bits per heavy atom. The van der Waals surface area contributed by atoms with Crippen molar-refractivity contribution in [3.8, 4) is 0 Å². The first kappa shape index (κ1) is 11.6. The van der Waals surface area contributed by atoms with E-state index < -0.39 is 11.2 Å². The summed E-state index contributed by atoms with van der Waals surface area (Å²) in [6, 6.07) is 7.28. The fourth-order valence-electron chi connectivity index (χ4n) is 0.843. The Bertz CT molecular complexity index is 312. The molecule has 1 aromatic carbocycles. The van der Waals surface area contributed by atoms with Gasteiger partial charge in [-0.3, -0.25) is 4.79 Å². The monoisotopic (exact) mass is 276 g/mol. The van der Waals surface area contributed by atoms with Crippen molar-refractivity contribution in [1.82, 2.24) is 0 Å². The van der Waals surface area contributed by atoms with Crippen molar-refractivity contribution in [2.75, 3.05) is 6.61 Å². The van der Waals surface area contributed by atoms with Crippen molar-refractivity contribution >= 4 is 33.7 Å². The number of hydrogen-bond acceptors (Lipinski definition) is 3. The molecule has 0 aliphatic rings. The van der Waals surface area contributed by atoms with Crippen molar-refractivity contribution in [1.29, 1.82) is 0 Å². The highest BCUT2D eigenvalue weighted by atomic mass is 79.9. The molecule has 0 aliphatic carbocycles. The Morgan fingerprint density at radius 1 is 1.43 bits per heavy atom. The van der Waals surface area contributed by atoms with Crippen LogP contribution in [0.3, 0.4) is 0 Å². The Morgan fingerprint density at radius 3 is 2.43 bits per heavy atom. The van der Waals surface area contributed by atoms with Gasteiger partial charge in [0, 0.05) is 9.37 Å². The number of thioether (sulfide) groups is 1. The zero-order valence-electron chi connectivity index (χ0n) is 7.18. The first-order valence-corrected chi connectivity index (χ1v) is 5.56. The number of aliphatic carboxylic acids is 1. The molecule has 0 spiro atoms. The summed E-state index contributed by atoms with van der Waals surface area (Å²) in [5.74, 6) is -1.000. The van der Waals surface area contributed by atoms with Crippen LogP contribution < -0.4 is 0 Å². The van der Waals surface area contributed by atoms with Crippen molar-refractivity contribution in [2.24, 2.45) is 0 Å². The van der Waals surface area contributed by atoms with Gasteiger partial charge < -0.3 is 10.2 Å². The van der Waals surface area contributed by atoms with E-state index in [1.54, 1.807) is 12.1 Å². The van der Waals surface area contributed by atoms with Crippen LogP contribution in [0.4, 0.5) is 0 Å². The molecule has 14 heavy (non-hydrogen) atoms. The number of carboxylic acid groups (broad SMARTS) is 1. The number of carboxylic acids is 1. The summed E-state index contributed by atoms with van der Waals surface area (Å²) in [6.45, 7) is -0.365. The molecule has 0 unspecified atom stereocenters. The summed E-state index contributed by atoms with van der Waals surface area (Å²) >= 11 is 4.42. The number of aliphatic hydroxyl groups excluding tert-OH is 1. The van der Waals surface area contributed by atoms with E-state index in [0.717, 1.165) is 21.1 Å². The molecule has 0 bridgehead atoms. The quantitative estimate of drug-likeness (QED) is 0.826. The second-order valence-electron chi connectivity index (χ2n) is 2.58. The average Bonchev–Trinajstić information content (AvgIpc) is 2.16. The van der Waals surface area contributed by atoms with Gasteiger partial charge in [0.25, 0.3) is 0 Å². The maximum atomic E-state index is 10.6. The third-order valence-corrected chi connectivity index (χ3v) is 3.24. The summed E-state index contributed by atoms with van der Waals surface area (Å²) in [5.41, 5.74) is 0. The number of rotatable bonds is 4. The van der Waals surface area contributed by atoms with Gasteiger partial charge in [0.2, 0.25) is 0 Å². The second-order valence-corrected chi connectivity index (χ2v) is 4.77. The van der Waals surface area contributed by atoms with Crippen LogP contribution in [0, 0.1) is 0 Å². The van der Waals surface area contributed by atoms with E-state index in [2.05, 4.69) is 15.9 Å². The SMILES string of the molecule is O=C(O)[C@@H](CO)Sc1ccc(Br)cc1. The molecule has 0 saturated carbocycles. The number of halogens is 1. The lowest BCUT2D eigenvalue weighted by Gasteiger charge is -2.08. The number of carbonyl (C=O) groups is 1. The molecule has 0 aromatic heterocycles. The molecule has 3 nitrogen and oxygen atoms in total. The van der Waals surface area contributed by atoms with E-state index in [-0.39, 0.29) is 6.61 Å². The smallest absolute Gasteiger partial charge is 0.319 e. The Hall–Kier alpha value is -0.520. The van der Waals surface area contributed by atoms with Crippen LogP contribution in [0.1, 0.15) is 0 Å². The van der Waals surface area contributed by atoms with Crippen LogP contribution >= 0.6 is 27.7 Å². The summed E-state index contributed by atoms with van der Waals surface area (Å²) in [6.07, 6.45) is 0. The van der Waals surface area contributed by atoms with Gasteiger partial charge in [0.15, 0.2) is 0 Å². The summed E-state index contributed by atoms with van der Waals surface area (Å²) in [5, 5.41) is 16.7. The molecule has 1 rings (SSSR count). The minimum absolute atomic E-state index is 0.365. The predicted molar refractivity (Wildman–Crippen MR) is 58.5 cm³/mol. The molecule has 0 amide bonds. The topological polar surface area (TPSA) is 57.5 Å². The Labute approximate surface area is 94.3 Å². The van der Waals surface area contributed by atoms with E-state index in [4.69, 9.17) is 10.2 Å². The molecule has 1 atom stereocenters.